The molecule has 25 heavy (non-hydrogen) atoms. The Hall–Kier alpha value is -2.56. The molecule has 0 spiro atoms. The molecule has 130 valence electrons. The molecule has 1 unspecified atom stereocenters. The van der Waals surface area contributed by atoms with Gasteiger partial charge in [0, 0.05) is 12.7 Å². The van der Waals surface area contributed by atoms with Crippen molar-refractivity contribution >= 4 is 23.9 Å². The second-order valence-corrected chi connectivity index (χ2v) is 5.99. The summed E-state index contributed by atoms with van der Waals surface area (Å²) in [5, 5.41) is 20.7. The van der Waals surface area contributed by atoms with Crippen molar-refractivity contribution in [2.24, 2.45) is 5.92 Å². The van der Waals surface area contributed by atoms with E-state index in [1.165, 1.54) is 12.8 Å². The molecule has 0 bridgehead atoms. The number of piperidine rings is 1. The number of hydrogen-bond acceptors (Lipinski definition) is 6. The highest BCUT2D eigenvalue weighted by atomic mass is 35.5. The molecule has 1 atom stereocenters. The Balaban J connectivity index is 0.00000182. The fourth-order valence-electron chi connectivity index (χ4n) is 3.06. The molecule has 1 fully saturated rings. The molecule has 4 heterocycles. The zero-order chi connectivity index (χ0) is 16.4. The molecule has 2 N–H and O–H groups in total. The minimum atomic E-state index is 0. The maximum absolute atomic E-state index is 9.52. The monoisotopic (exact) mass is 358 g/mol. The van der Waals surface area contributed by atoms with Crippen LogP contribution in [0.2, 0.25) is 0 Å². The molecule has 1 saturated heterocycles. The molecular weight excluding hydrogens is 340 g/mol. The van der Waals surface area contributed by atoms with E-state index in [0.717, 1.165) is 25.5 Å². The summed E-state index contributed by atoms with van der Waals surface area (Å²) in [4.78, 5) is 4.57. The summed E-state index contributed by atoms with van der Waals surface area (Å²) in [7, 11) is 0. The van der Waals surface area contributed by atoms with Crippen molar-refractivity contribution in [3.63, 3.8) is 0 Å². The third-order valence-corrected chi connectivity index (χ3v) is 4.32. The lowest BCUT2D eigenvalue weighted by Crippen LogP contribution is -2.33. The van der Waals surface area contributed by atoms with Crippen LogP contribution in [0.5, 0.6) is 0 Å². The van der Waals surface area contributed by atoms with Crippen LogP contribution in [0.25, 0.3) is 17.1 Å². The molecule has 1 aliphatic rings. The van der Waals surface area contributed by atoms with E-state index in [2.05, 4.69) is 26.8 Å². The molecule has 0 aromatic carbocycles. The van der Waals surface area contributed by atoms with Gasteiger partial charge in [0.05, 0.1) is 6.26 Å². The molecule has 0 saturated carbocycles. The van der Waals surface area contributed by atoms with Crippen LogP contribution in [-0.4, -0.2) is 34.2 Å². The molecule has 0 aliphatic carbocycles. The predicted molar refractivity (Wildman–Crippen MR) is 96.7 cm³/mol. The average Bonchev–Trinajstić information content (AvgIpc) is 3.27. The number of furan rings is 1. The average molecular weight is 359 g/mol. The van der Waals surface area contributed by atoms with Crippen molar-refractivity contribution in [1.82, 2.24) is 19.9 Å². The summed E-state index contributed by atoms with van der Waals surface area (Å²) in [6.45, 7) is 3.02. The van der Waals surface area contributed by atoms with Crippen molar-refractivity contribution in [1.29, 1.82) is 5.26 Å². The minimum absolute atomic E-state index is 0. The summed E-state index contributed by atoms with van der Waals surface area (Å²) in [5.41, 5.74) is 1.48. The topological polar surface area (TPSA) is 91.2 Å². The number of nitrogens with one attached hydrogen (secondary N) is 2. The summed E-state index contributed by atoms with van der Waals surface area (Å²) in [5.74, 6) is 1.94. The maximum atomic E-state index is 9.52. The van der Waals surface area contributed by atoms with E-state index in [1.807, 2.05) is 12.3 Å². The maximum Gasteiger partial charge on any atom is 0.175 e. The van der Waals surface area contributed by atoms with E-state index in [9.17, 15) is 5.26 Å². The van der Waals surface area contributed by atoms with E-state index >= 15 is 0 Å². The molecule has 8 heteroatoms. The van der Waals surface area contributed by atoms with Crippen LogP contribution in [0.4, 0.5) is 5.82 Å². The molecule has 7 nitrogen and oxygen atoms in total. The first kappa shape index (κ1) is 17.3. The third kappa shape index (κ3) is 3.45. The van der Waals surface area contributed by atoms with E-state index < -0.39 is 0 Å². The molecular formula is C17H19ClN6O. The molecule has 0 amide bonds. The number of rotatable bonds is 4. The largest absolute Gasteiger partial charge is 0.463 e. The van der Waals surface area contributed by atoms with Crippen LogP contribution in [0, 0.1) is 17.2 Å². The lowest BCUT2D eigenvalue weighted by atomic mass is 10.00. The van der Waals surface area contributed by atoms with Crippen molar-refractivity contribution in [3.8, 4) is 17.5 Å². The number of nitriles is 1. The first-order valence-electron chi connectivity index (χ1n) is 8.13. The minimum Gasteiger partial charge on any atom is -0.463 e. The third-order valence-electron chi connectivity index (χ3n) is 4.32. The molecule has 4 rings (SSSR count). The zero-order valence-corrected chi connectivity index (χ0v) is 14.4. The number of halogens is 1. The van der Waals surface area contributed by atoms with Gasteiger partial charge < -0.3 is 15.1 Å². The van der Waals surface area contributed by atoms with Gasteiger partial charge in [-0.1, -0.05) is 0 Å². The number of hydrogen-bond donors (Lipinski definition) is 2. The summed E-state index contributed by atoms with van der Waals surface area (Å²) < 4.78 is 6.99. The van der Waals surface area contributed by atoms with Gasteiger partial charge in [0.1, 0.15) is 23.1 Å². The van der Waals surface area contributed by atoms with Gasteiger partial charge in [-0.05, 0) is 50.0 Å². The van der Waals surface area contributed by atoms with Gasteiger partial charge in [0.2, 0.25) is 0 Å². The summed E-state index contributed by atoms with van der Waals surface area (Å²) in [6.07, 6.45) is 5.82. The normalized spacial score (nSPS) is 17.0. The number of fused-ring (bicyclic) bond motifs is 1. The Morgan fingerprint density at radius 3 is 3.08 bits per heavy atom. The van der Waals surface area contributed by atoms with Gasteiger partial charge in [-0.3, -0.25) is 0 Å². The Kier molecular flexibility index (Phi) is 5.22. The number of anilines is 1. The number of aromatic nitrogens is 3. The zero-order valence-electron chi connectivity index (χ0n) is 13.6. The van der Waals surface area contributed by atoms with Crippen LogP contribution >= 0.6 is 12.4 Å². The lowest BCUT2D eigenvalue weighted by molar-refractivity contribution is 0.392. The van der Waals surface area contributed by atoms with Gasteiger partial charge in [-0.2, -0.15) is 10.4 Å². The first-order chi connectivity index (χ1) is 11.8. The Bertz CT molecular complexity index is 877. The van der Waals surface area contributed by atoms with Crippen LogP contribution < -0.4 is 10.6 Å². The van der Waals surface area contributed by atoms with Crippen LogP contribution in [0.1, 0.15) is 18.4 Å². The highest BCUT2D eigenvalue weighted by Crippen LogP contribution is 2.25. The first-order valence-corrected chi connectivity index (χ1v) is 8.13. The van der Waals surface area contributed by atoms with E-state index in [-0.39, 0.29) is 12.4 Å². The second-order valence-electron chi connectivity index (χ2n) is 5.99. The Labute approximate surface area is 151 Å². The van der Waals surface area contributed by atoms with Gasteiger partial charge in [-0.25, -0.2) is 9.50 Å². The molecule has 3 aromatic heterocycles. The van der Waals surface area contributed by atoms with Gasteiger partial charge in [0.15, 0.2) is 11.4 Å². The lowest BCUT2D eigenvalue weighted by Gasteiger charge is -2.23. The van der Waals surface area contributed by atoms with Gasteiger partial charge in [0.25, 0.3) is 0 Å². The fraction of sp³-hybridized carbons (Fsp3) is 0.353. The molecule has 0 radical (unpaired) electrons. The van der Waals surface area contributed by atoms with Crippen molar-refractivity contribution < 1.29 is 4.42 Å². The van der Waals surface area contributed by atoms with Gasteiger partial charge >= 0.3 is 0 Å². The van der Waals surface area contributed by atoms with E-state index in [0.29, 0.717) is 28.6 Å². The number of nitrogens with zero attached hydrogens (tertiary/aromatic N) is 4. The van der Waals surface area contributed by atoms with Crippen LogP contribution in [-0.2, 0) is 0 Å². The SMILES string of the molecule is Cl.N#Cc1c(-c2ccco2)nn2ccc(NCC3CCCNC3)nc12. The fourth-order valence-corrected chi connectivity index (χ4v) is 3.06. The highest BCUT2D eigenvalue weighted by molar-refractivity contribution is 5.85. The van der Waals surface area contributed by atoms with E-state index in [1.54, 1.807) is 22.9 Å². The smallest absolute Gasteiger partial charge is 0.175 e. The summed E-state index contributed by atoms with van der Waals surface area (Å²) in [6, 6.07) is 7.64. The Morgan fingerprint density at radius 2 is 2.36 bits per heavy atom. The highest BCUT2D eigenvalue weighted by Gasteiger charge is 2.18. The molecule has 1 aliphatic heterocycles. The van der Waals surface area contributed by atoms with Gasteiger partial charge in [-0.15, -0.1) is 12.4 Å². The quantitative estimate of drug-likeness (QED) is 0.745. The van der Waals surface area contributed by atoms with Crippen LogP contribution in [0.3, 0.4) is 0 Å². The standard InChI is InChI=1S/C17H18N6O.ClH/c18-9-13-16(14-4-2-8-24-14)22-23-7-5-15(21-17(13)23)20-11-12-3-1-6-19-10-12;/h2,4-5,7-8,12,19H,1,3,6,10-11H2,(H,20,21);1H. The second kappa shape index (κ2) is 7.55. The van der Waals surface area contributed by atoms with Crippen molar-refractivity contribution in [2.45, 2.75) is 12.8 Å². The van der Waals surface area contributed by atoms with Crippen molar-refractivity contribution in [2.75, 3.05) is 25.0 Å². The van der Waals surface area contributed by atoms with E-state index in [4.69, 9.17) is 4.42 Å². The van der Waals surface area contributed by atoms with Crippen molar-refractivity contribution in [3.05, 3.63) is 36.2 Å². The van der Waals surface area contributed by atoms with Crippen LogP contribution in [0.15, 0.2) is 35.1 Å². The molecule has 3 aromatic rings. The Morgan fingerprint density at radius 1 is 1.44 bits per heavy atom. The predicted octanol–water partition coefficient (Wildman–Crippen LogP) is 2.69. The summed E-state index contributed by atoms with van der Waals surface area (Å²) >= 11 is 0.